The van der Waals surface area contributed by atoms with Crippen molar-refractivity contribution in [1.82, 2.24) is 10.1 Å². The summed E-state index contributed by atoms with van der Waals surface area (Å²) in [6.45, 7) is 2.61. The Kier molecular flexibility index (Phi) is 3.31. The molecule has 4 heteroatoms. The number of benzene rings is 1. The van der Waals surface area contributed by atoms with Crippen LogP contribution in [0.15, 0.2) is 28.8 Å². The molecule has 2 aromatic rings. The van der Waals surface area contributed by atoms with Gasteiger partial charge in [0.2, 0.25) is 5.89 Å². The van der Waals surface area contributed by atoms with Gasteiger partial charge in [0, 0.05) is 6.42 Å². The lowest BCUT2D eigenvalue weighted by Gasteiger charge is -1.97. The van der Waals surface area contributed by atoms with Crippen LogP contribution in [-0.4, -0.2) is 16.7 Å². The Hall–Kier alpha value is -1.68. The molecule has 1 aromatic carbocycles. The Morgan fingerprint density at radius 1 is 1.38 bits per heavy atom. The van der Waals surface area contributed by atoms with E-state index in [1.165, 1.54) is 11.1 Å². The molecule has 0 bridgehead atoms. The highest BCUT2D eigenvalue weighted by Crippen LogP contribution is 2.09. The second kappa shape index (κ2) is 4.90. The SMILES string of the molecule is Cc1cccc(Cc2nc(CCN)no2)c1. The van der Waals surface area contributed by atoms with Gasteiger partial charge in [-0.15, -0.1) is 0 Å². The number of aryl methyl sites for hydroxylation is 1. The zero-order chi connectivity index (χ0) is 11.4. The minimum Gasteiger partial charge on any atom is -0.339 e. The van der Waals surface area contributed by atoms with Crippen molar-refractivity contribution in [2.24, 2.45) is 5.73 Å². The number of hydrogen-bond acceptors (Lipinski definition) is 4. The Balaban J connectivity index is 2.08. The van der Waals surface area contributed by atoms with Crippen molar-refractivity contribution in [3.05, 3.63) is 47.1 Å². The first-order valence-corrected chi connectivity index (χ1v) is 5.35. The maximum Gasteiger partial charge on any atom is 0.231 e. The molecule has 16 heavy (non-hydrogen) atoms. The third kappa shape index (κ3) is 2.67. The maximum absolute atomic E-state index is 5.42. The van der Waals surface area contributed by atoms with Gasteiger partial charge in [0.25, 0.3) is 0 Å². The van der Waals surface area contributed by atoms with Gasteiger partial charge in [0.05, 0.1) is 6.42 Å². The second-order valence-electron chi connectivity index (χ2n) is 3.81. The Labute approximate surface area is 94.5 Å². The van der Waals surface area contributed by atoms with Crippen molar-refractivity contribution in [1.29, 1.82) is 0 Å². The van der Waals surface area contributed by atoms with Crippen LogP contribution in [0.1, 0.15) is 22.8 Å². The van der Waals surface area contributed by atoms with Crippen LogP contribution < -0.4 is 5.73 Å². The minimum absolute atomic E-state index is 0.545. The molecule has 2 rings (SSSR count). The van der Waals surface area contributed by atoms with Crippen LogP contribution in [0, 0.1) is 6.92 Å². The summed E-state index contributed by atoms with van der Waals surface area (Å²) in [6, 6.07) is 8.27. The third-order valence-corrected chi connectivity index (χ3v) is 2.32. The molecule has 0 atom stereocenters. The summed E-state index contributed by atoms with van der Waals surface area (Å²) in [5.41, 5.74) is 7.84. The van der Waals surface area contributed by atoms with Crippen molar-refractivity contribution in [2.45, 2.75) is 19.8 Å². The van der Waals surface area contributed by atoms with Gasteiger partial charge in [-0.05, 0) is 19.0 Å². The summed E-state index contributed by atoms with van der Waals surface area (Å²) in [6.07, 6.45) is 1.34. The van der Waals surface area contributed by atoms with E-state index in [9.17, 15) is 0 Å². The van der Waals surface area contributed by atoms with E-state index in [1.807, 2.05) is 6.07 Å². The highest BCUT2D eigenvalue weighted by Gasteiger charge is 2.06. The number of rotatable bonds is 4. The topological polar surface area (TPSA) is 64.9 Å². The number of aromatic nitrogens is 2. The average molecular weight is 217 g/mol. The van der Waals surface area contributed by atoms with E-state index in [1.54, 1.807) is 0 Å². The Morgan fingerprint density at radius 3 is 3.00 bits per heavy atom. The van der Waals surface area contributed by atoms with Crippen LogP contribution in [0.3, 0.4) is 0 Å². The van der Waals surface area contributed by atoms with Crippen LogP contribution in [0.4, 0.5) is 0 Å². The average Bonchev–Trinajstić information content (AvgIpc) is 2.66. The Bertz CT molecular complexity index is 465. The van der Waals surface area contributed by atoms with Crippen LogP contribution in [0.2, 0.25) is 0 Å². The minimum atomic E-state index is 0.545. The molecular weight excluding hydrogens is 202 g/mol. The van der Waals surface area contributed by atoms with Crippen molar-refractivity contribution in [2.75, 3.05) is 6.54 Å². The third-order valence-electron chi connectivity index (χ3n) is 2.32. The molecule has 84 valence electrons. The van der Waals surface area contributed by atoms with E-state index in [0.717, 1.165) is 0 Å². The molecule has 1 aromatic heterocycles. The predicted octanol–water partition coefficient (Wildman–Crippen LogP) is 1.47. The number of nitrogens with zero attached hydrogens (tertiary/aromatic N) is 2. The van der Waals surface area contributed by atoms with Crippen molar-refractivity contribution >= 4 is 0 Å². The van der Waals surface area contributed by atoms with Crippen LogP contribution in [0.5, 0.6) is 0 Å². The lowest BCUT2D eigenvalue weighted by atomic mass is 10.1. The summed E-state index contributed by atoms with van der Waals surface area (Å²) in [7, 11) is 0. The lowest BCUT2D eigenvalue weighted by molar-refractivity contribution is 0.379. The molecule has 0 saturated carbocycles. The molecule has 0 aliphatic heterocycles. The van der Waals surface area contributed by atoms with Gasteiger partial charge in [-0.2, -0.15) is 4.98 Å². The van der Waals surface area contributed by atoms with Crippen molar-refractivity contribution in [3.63, 3.8) is 0 Å². The molecule has 4 nitrogen and oxygen atoms in total. The van der Waals surface area contributed by atoms with E-state index in [2.05, 4.69) is 35.3 Å². The fourth-order valence-corrected chi connectivity index (χ4v) is 1.59. The highest BCUT2D eigenvalue weighted by molar-refractivity contribution is 5.24. The quantitative estimate of drug-likeness (QED) is 0.842. The van der Waals surface area contributed by atoms with Gasteiger partial charge < -0.3 is 10.3 Å². The molecular formula is C12H15N3O. The first-order valence-electron chi connectivity index (χ1n) is 5.35. The predicted molar refractivity (Wildman–Crippen MR) is 61.0 cm³/mol. The zero-order valence-electron chi connectivity index (χ0n) is 9.31. The summed E-state index contributed by atoms with van der Waals surface area (Å²) in [5, 5.41) is 3.86. The van der Waals surface area contributed by atoms with Gasteiger partial charge in [-0.3, -0.25) is 0 Å². The molecule has 0 aliphatic carbocycles. The first-order chi connectivity index (χ1) is 7.78. The second-order valence-corrected chi connectivity index (χ2v) is 3.81. The Morgan fingerprint density at radius 2 is 2.25 bits per heavy atom. The van der Waals surface area contributed by atoms with E-state index in [0.29, 0.717) is 31.1 Å². The van der Waals surface area contributed by atoms with E-state index < -0.39 is 0 Å². The molecule has 0 radical (unpaired) electrons. The van der Waals surface area contributed by atoms with Gasteiger partial charge in [0.15, 0.2) is 5.82 Å². The standard InChI is InChI=1S/C12H15N3O/c1-9-3-2-4-10(7-9)8-12-14-11(5-6-13)15-16-12/h2-4,7H,5-6,8,13H2,1H3. The first kappa shape index (κ1) is 10.8. The van der Waals surface area contributed by atoms with Crippen molar-refractivity contribution < 1.29 is 4.52 Å². The normalized spacial score (nSPS) is 10.6. The summed E-state index contributed by atoms with van der Waals surface area (Å²) in [4.78, 5) is 4.27. The van der Waals surface area contributed by atoms with E-state index in [-0.39, 0.29) is 0 Å². The van der Waals surface area contributed by atoms with Gasteiger partial charge in [0.1, 0.15) is 0 Å². The van der Waals surface area contributed by atoms with Gasteiger partial charge in [-0.1, -0.05) is 35.0 Å². The van der Waals surface area contributed by atoms with E-state index >= 15 is 0 Å². The molecule has 0 spiro atoms. The maximum atomic E-state index is 5.42. The number of nitrogens with two attached hydrogens (primary N) is 1. The van der Waals surface area contributed by atoms with Crippen LogP contribution in [0.25, 0.3) is 0 Å². The summed E-state index contributed by atoms with van der Waals surface area (Å²) < 4.78 is 5.14. The molecule has 0 fully saturated rings. The van der Waals surface area contributed by atoms with E-state index in [4.69, 9.17) is 10.3 Å². The van der Waals surface area contributed by atoms with Crippen LogP contribution in [-0.2, 0) is 12.8 Å². The molecule has 0 amide bonds. The monoisotopic (exact) mass is 217 g/mol. The smallest absolute Gasteiger partial charge is 0.231 e. The van der Waals surface area contributed by atoms with Gasteiger partial charge in [-0.25, -0.2) is 0 Å². The number of hydrogen-bond donors (Lipinski definition) is 1. The largest absolute Gasteiger partial charge is 0.339 e. The van der Waals surface area contributed by atoms with Crippen molar-refractivity contribution in [3.8, 4) is 0 Å². The molecule has 1 heterocycles. The fraction of sp³-hybridized carbons (Fsp3) is 0.333. The van der Waals surface area contributed by atoms with Crippen LogP contribution >= 0.6 is 0 Å². The van der Waals surface area contributed by atoms with Gasteiger partial charge >= 0.3 is 0 Å². The molecule has 0 saturated heterocycles. The molecule has 0 aliphatic rings. The highest BCUT2D eigenvalue weighted by atomic mass is 16.5. The fourth-order valence-electron chi connectivity index (χ4n) is 1.59. The zero-order valence-corrected chi connectivity index (χ0v) is 9.31. The summed E-state index contributed by atoms with van der Waals surface area (Å²) >= 11 is 0. The molecule has 0 unspecified atom stereocenters. The molecule has 2 N–H and O–H groups in total. The lowest BCUT2D eigenvalue weighted by Crippen LogP contribution is -2.04. The summed E-state index contributed by atoms with van der Waals surface area (Å²) in [5.74, 6) is 1.33.